The fourth-order valence-corrected chi connectivity index (χ4v) is 4.98. The van der Waals surface area contributed by atoms with Crippen LogP contribution in [0.4, 0.5) is 11.4 Å². The first kappa shape index (κ1) is 20.2. The molecule has 0 saturated carbocycles. The number of hydrogen-bond donors (Lipinski definition) is 1. The van der Waals surface area contributed by atoms with Crippen LogP contribution in [0.2, 0.25) is 5.02 Å². The molecule has 0 unspecified atom stereocenters. The molecule has 1 aliphatic rings. The minimum Gasteiger partial charge on any atom is -0.360 e. The maximum absolute atomic E-state index is 13.4. The van der Waals surface area contributed by atoms with E-state index in [0.29, 0.717) is 16.3 Å². The second-order valence-corrected chi connectivity index (χ2v) is 9.22. The normalized spacial score (nSPS) is 16.4. The van der Waals surface area contributed by atoms with Crippen LogP contribution < -0.4 is 9.62 Å². The Morgan fingerprint density at radius 2 is 1.63 bits per heavy atom. The zero-order valence-corrected chi connectivity index (χ0v) is 17.7. The number of para-hydroxylation sites is 2. The summed E-state index contributed by atoms with van der Waals surface area (Å²) in [5, 5.41) is 3.55. The third kappa shape index (κ3) is 3.72. The zero-order valence-electron chi connectivity index (χ0n) is 16.2. The van der Waals surface area contributed by atoms with Gasteiger partial charge >= 0.3 is 0 Å². The van der Waals surface area contributed by atoms with E-state index in [2.05, 4.69) is 5.32 Å². The molecule has 152 valence electrons. The van der Waals surface area contributed by atoms with Crippen molar-refractivity contribution >= 4 is 38.8 Å². The van der Waals surface area contributed by atoms with Gasteiger partial charge in [0.05, 0.1) is 12.2 Å². The van der Waals surface area contributed by atoms with Crippen LogP contribution in [0.15, 0.2) is 83.9 Å². The summed E-state index contributed by atoms with van der Waals surface area (Å²) >= 11 is 5.95. The number of ketones is 1. The van der Waals surface area contributed by atoms with Crippen LogP contribution in [0.1, 0.15) is 21.5 Å². The molecule has 30 heavy (non-hydrogen) atoms. The van der Waals surface area contributed by atoms with Crippen molar-refractivity contribution in [3.63, 3.8) is 0 Å². The van der Waals surface area contributed by atoms with Gasteiger partial charge in [-0.25, -0.2) is 8.42 Å². The van der Waals surface area contributed by atoms with E-state index in [1.54, 1.807) is 48.5 Å². The quantitative estimate of drug-likeness (QED) is 0.573. The van der Waals surface area contributed by atoms with Crippen LogP contribution in [0, 0.1) is 6.92 Å². The molecule has 5 nitrogen and oxygen atoms in total. The number of carbonyl (C=O) groups excluding carboxylic acids is 1. The number of benzene rings is 3. The lowest BCUT2D eigenvalue weighted by molar-refractivity contribution is 0.104. The predicted molar refractivity (Wildman–Crippen MR) is 120 cm³/mol. The van der Waals surface area contributed by atoms with Crippen LogP contribution in [-0.2, 0) is 16.6 Å². The fraction of sp³-hybridized carbons (Fsp3) is 0.0870. The van der Waals surface area contributed by atoms with E-state index in [4.69, 9.17) is 11.6 Å². The van der Waals surface area contributed by atoms with E-state index >= 15 is 0 Å². The molecule has 4 rings (SSSR count). The second kappa shape index (κ2) is 7.97. The molecule has 0 radical (unpaired) electrons. The van der Waals surface area contributed by atoms with Gasteiger partial charge in [-0.2, -0.15) is 0 Å². The second-order valence-electron chi connectivity index (χ2n) is 6.95. The molecule has 0 aromatic heterocycles. The fourth-order valence-electron chi connectivity index (χ4n) is 3.33. The van der Waals surface area contributed by atoms with Crippen LogP contribution in [-0.4, -0.2) is 14.2 Å². The minimum atomic E-state index is -4.07. The van der Waals surface area contributed by atoms with Gasteiger partial charge in [0, 0.05) is 22.5 Å². The standard InChI is InChI=1S/C23H19ClN2O3S/c1-16-6-2-4-8-20(16)25-14-22-23(27)19-7-3-5-9-21(19)26(30(22,28)29)15-17-10-12-18(24)13-11-17/h2-14,25H,15H2,1H3/b22-14-. The third-order valence-corrected chi connectivity index (χ3v) is 6.97. The van der Waals surface area contributed by atoms with Crippen molar-refractivity contribution < 1.29 is 13.2 Å². The first-order chi connectivity index (χ1) is 14.4. The Morgan fingerprint density at radius 3 is 2.37 bits per heavy atom. The molecule has 1 aliphatic heterocycles. The SMILES string of the molecule is Cc1ccccc1N/C=C1/C(=O)c2ccccc2N(Cc2ccc(Cl)cc2)S1(=O)=O. The van der Waals surface area contributed by atoms with Crippen LogP contribution in [0.5, 0.6) is 0 Å². The monoisotopic (exact) mass is 438 g/mol. The highest BCUT2D eigenvalue weighted by molar-refractivity contribution is 7.97. The van der Waals surface area contributed by atoms with Gasteiger partial charge in [0.1, 0.15) is 0 Å². The Balaban J connectivity index is 1.79. The first-order valence-corrected chi connectivity index (χ1v) is 11.1. The number of fused-ring (bicyclic) bond motifs is 1. The lowest BCUT2D eigenvalue weighted by atomic mass is 10.1. The Labute approximate surface area is 180 Å². The molecular weight excluding hydrogens is 420 g/mol. The summed E-state index contributed by atoms with van der Waals surface area (Å²) in [6.45, 7) is 1.99. The highest BCUT2D eigenvalue weighted by Gasteiger charge is 2.40. The van der Waals surface area contributed by atoms with Crippen molar-refractivity contribution in [3.8, 4) is 0 Å². The molecule has 0 bridgehead atoms. The molecule has 1 heterocycles. The molecule has 0 aliphatic carbocycles. The van der Waals surface area contributed by atoms with Gasteiger partial charge in [-0.05, 0) is 48.4 Å². The topological polar surface area (TPSA) is 66.5 Å². The molecule has 3 aromatic carbocycles. The number of Topliss-reactive ketones (excluding diaryl/α,β-unsaturated/α-hetero) is 1. The largest absolute Gasteiger partial charge is 0.360 e. The number of sulfonamides is 1. The van der Waals surface area contributed by atoms with Crippen molar-refractivity contribution in [1.29, 1.82) is 0 Å². The number of hydrogen-bond acceptors (Lipinski definition) is 4. The average Bonchev–Trinajstić information content (AvgIpc) is 2.73. The van der Waals surface area contributed by atoms with Crippen molar-refractivity contribution in [2.75, 3.05) is 9.62 Å². The number of nitrogens with zero attached hydrogens (tertiary/aromatic N) is 1. The smallest absolute Gasteiger partial charge is 0.270 e. The molecule has 0 saturated heterocycles. The number of allylic oxidation sites excluding steroid dienone is 1. The van der Waals surface area contributed by atoms with E-state index < -0.39 is 15.8 Å². The van der Waals surface area contributed by atoms with E-state index in [9.17, 15) is 13.2 Å². The molecule has 0 fully saturated rings. The van der Waals surface area contributed by atoms with E-state index in [1.165, 1.54) is 10.5 Å². The van der Waals surface area contributed by atoms with Gasteiger partial charge in [-0.15, -0.1) is 0 Å². The summed E-state index contributed by atoms with van der Waals surface area (Å²) in [6.07, 6.45) is 1.28. The Bertz CT molecular complexity index is 1250. The number of nitrogens with one attached hydrogen (secondary N) is 1. The van der Waals surface area contributed by atoms with Crippen LogP contribution >= 0.6 is 11.6 Å². The van der Waals surface area contributed by atoms with Gasteiger partial charge < -0.3 is 5.32 Å². The van der Waals surface area contributed by atoms with Gasteiger partial charge in [0.15, 0.2) is 4.91 Å². The van der Waals surface area contributed by atoms with E-state index in [1.807, 2.05) is 31.2 Å². The summed E-state index contributed by atoms with van der Waals surface area (Å²) in [6, 6.07) is 21.1. The van der Waals surface area contributed by atoms with Gasteiger partial charge in [0.25, 0.3) is 10.0 Å². The summed E-state index contributed by atoms with van der Waals surface area (Å²) in [5.41, 5.74) is 3.15. The van der Waals surface area contributed by atoms with Crippen molar-refractivity contribution in [2.24, 2.45) is 0 Å². The average molecular weight is 439 g/mol. The number of anilines is 2. The summed E-state index contributed by atoms with van der Waals surface area (Å²) in [5.74, 6) is -0.529. The Kier molecular flexibility index (Phi) is 5.37. The Morgan fingerprint density at radius 1 is 0.967 bits per heavy atom. The van der Waals surface area contributed by atoms with Gasteiger partial charge in [0.2, 0.25) is 5.78 Å². The van der Waals surface area contributed by atoms with E-state index in [0.717, 1.165) is 16.8 Å². The lowest BCUT2D eigenvalue weighted by Crippen LogP contribution is -2.39. The predicted octanol–water partition coefficient (Wildman–Crippen LogP) is 5.13. The molecule has 7 heteroatoms. The number of carbonyl (C=O) groups is 1. The van der Waals surface area contributed by atoms with Crippen LogP contribution in [0.25, 0.3) is 0 Å². The molecule has 0 amide bonds. The summed E-state index contributed by atoms with van der Waals surface area (Å²) in [7, 11) is -4.07. The zero-order chi connectivity index (χ0) is 21.3. The van der Waals surface area contributed by atoms with Gasteiger partial charge in [-0.3, -0.25) is 9.10 Å². The highest BCUT2D eigenvalue weighted by Crippen LogP contribution is 2.36. The Hall–Kier alpha value is -3.09. The maximum atomic E-state index is 13.4. The van der Waals surface area contributed by atoms with Crippen molar-refractivity contribution in [3.05, 3.63) is 106 Å². The van der Waals surface area contributed by atoms with Crippen LogP contribution in [0.3, 0.4) is 0 Å². The molecule has 0 atom stereocenters. The number of rotatable bonds is 4. The summed E-state index contributed by atoms with van der Waals surface area (Å²) < 4.78 is 28.1. The number of halogens is 1. The minimum absolute atomic E-state index is 0.0888. The number of aryl methyl sites for hydroxylation is 1. The van der Waals surface area contributed by atoms with Gasteiger partial charge in [-0.1, -0.05) is 54.1 Å². The maximum Gasteiger partial charge on any atom is 0.270 e. The molecule has 3 aromatic rings. The van der Waals surface area contributed by atoms with Crippen molar-refractivity contribution in [2.45, 2.75) is 13.5 Å². The highest BCUT2D eigenvalue weighted by atomic mass is 35.5. The molecule has 1 N–H and O–H groups in total. The first-order valence-electron chi connectivity index (χ1n) is 9.31. The van der Waals surface area contributed by atoms with Crippen molar-refractivity contribution in [1.82, 2.24) is 0 Å². The summed E-state index contributed by atoms with van der Waals surface area (Å²) in [4.78, 5) is 12.8. The van der Waals surface area contributed by atoms with E-state index in [-0.39, 0.29) is 11.4 Å². The third-order valence-electron chi connectivity index (χ3n) is 4.95. The lowest BCUT2D eigenvalue weighted by Gasteiger charge is -2.31. The molecule has 0 spiro atoms. The molecular formula is C23H19ClN2O3S.